The Hall–Kier alpha value is -2.10. The molecule has 1 aliphatic rings. The maximum atomic E-state index is 12.8. The summed E-state index contributed by atoms with van der Waals surface area (Å²) in [6, 6.07) is 12.6. The number of sulfonamides is 1. The number of benzene rings is 2. The SMILES string of the molecule is COc1ccc([C@H](C)NC(=O)C2CCN(S(=O)(=O)Cc3ccc(Br)cc3)CC2)cc1OC. The number of carbonyl (C=O) groups is 1. The van der Waals surface area contributed by atoms with E-state index in [1.165, 1.54) is 4.31 Å². The molecule has 0 aliphatic carbocycles. The van der Waals surface area contributed by atoms with Crippen LogP contribution in [0.5, 0.6) is 11.5 Å². The molecule has 1 aliphatic heterocycles. The van der Waals surface area contributed by atoms with Crippen molar-refractivity contribution < 1.29 is 22.7 Å². The summed E-state index contributed by atoms with van der Waals surface area (Å²) >= 11 is 3.36. The average molecular weight is 525 g/mol. The van der Waals surface area contributed by atoms with Gasteiger partial charge in [0, 0.05) is 23.5 Å². The Bertz CT molecular complexity index is 1030. The number of methoxy groups -OCH3 is 2. The second-order valence-electron chi connectivity index (χ2n) is 7.90. The summed E-state index contributed by atoms with van der Waals surface area (Å²) in [6.45, 7) is 2.61. The maximum absolute atomic E-state index is 12.8. The molecular weight excluding hydrogens is 496 g/mol. The van der Waals surface area contributed by atoms with Crippen molar-refractivity contribution in [3.8, 4) is 11.5 Å². The molecule has 0 aromatic heterocycles. The lowest BCUT2D eigenvalue weighted by Crippen LogP contribution is -2.43. The fourth-order valence-corrected chi connectivity index (χ4v) is 5.64. The van der Waals surface area contributed by atoms with Crippen LogP contribution < -0.4 is 14.8 Å². The Balaban J connectivity index is 1.55. The number of piperidine rings is 1. The van der Waals surface area contributed by atoms with Crippen molar-refractivity contribution in [3.05, 3.63) is 58.1 Å². The van der Waals surface area contributed by atoms with Crippen molar-refractivity contribution in [1.29, 1.82) is 0 Å². The molecule has 2 aromatic rings. The zero-order valence-corrected chi connectivity index (χ0v) is 20.9. The molecule has 1 heterocycles. The fraction of sp³-hybridized carbons (Fsp3) is 0.435. The van der Waals surface area contributed by atoms with E-state index in [9.17, 15) is 13.2 Å². The van der Waals surface area contributed by atoms with E-state index >= 15 is 0 Å². The molecule has 3 rings (SSSR count). The van der Waals surface area contributed by atoms with Crippen LogP contribution in [0.1, 0.15) is 36.9 Å². The van der Waals surface area contributed by atoms with Gasteiger partial charge in [-0.25, -0.2) is 12.7 Å². The third-order valence-electron chi connectivity index (χ3n) is 5.75. The Morgan fingerprint density at radius 2 is 1.72 bits per heavy atom. The highest BCUT2D eigenvalue weighted by Gasteiger charge is 2.31. The van der Waals surface area contributed by atoms with Gasteiger partial charge in [-0.15, -0.1) is 0 Å². The van der Waals surface area contributed by atoms with Gasteiger partial charge < -0.3 is 14.8 Å². The summed E-state index contributed by atoms with van der Waals surface area (Å²) in [5.41, 5.74) is 1.65. The summed E-state index contributed by atoms with van der Waals surface area (Å²) in [5.74, 6) is 0.934. The molecular formula is C23H29BrN2O5S. The van der Waals surface area contributed by atoms with Crippen LogP contribution in [0.25, 0.3) is 0 Å². The quantitative estimate of drug-likeness (QED) is 0.566. The summed E-state index contributed by atoms with van der Waals surface area (Å²) in [7, 11) is -0.268. The number of amides is 1. The van der Waals surface area contributed by atoms with Crippen molar-refractivity contribution in [2.75, 3.05) is 27.3 Å². The zero-order chi connectivity index (χ0) is 23.3. The smallest absolute Gasteiger partial charge is 0.223 e. The van der Waals surface area contributed by atoms with Crippen LogP contribution in [0, 0.1) is 5.92 Å². The standard InChI is InChI=1S/C23H29BrN2O5S/c1-16(19-6-9-21(30-2)22(14-19)31-3)25-23(27)18-10-12-26(13-11-18)32(28,29)15-17-4-7-20(24)8-5-17/h4-9,14,16,18H,10-13,15H2,1-3H3,(H,25,27)/t16-/m0/s1. The molecule has 0 spiro atoms. The minimum absolute atomic E-state index is 0.0342. The normalized spacial score (nSPS) is 16.4. The van der Waals surface area contributed by atoms with Crippen LogP contribution in [0.2, 0.25) is 0 Å². The molecule has 0 saturated carbocycles. The van der Waals surface area contributed by atoms with Crippen LogP contribution in [0.4, 0.5) is 0 Å². The van der Waals surface area contributed by atoms with E-state index in [4.69, 9.17) is 9.47 Å². The first-order valence-corrected chi connectivity index (χ1v) is 12.9. The number of hydrogen-bond donors (Lipinski definition) is 1. The summed E-state index contributed by atoms with van der Waals surface area (Å²) < 4.78 is 38.6. The molecule has 32 heavy (non-hydrogen) atoms. The van der Waals surface area contributed by atoms with Crippen molar-refractivity contribution in [3.63, 3.8) is 0 Å². The Morgan fingerprint density at radius 1 is 1.09 bits per heavy atom. The van der Waals surface area contributed by atoms with Crippen molar-refractivity contribution >= 4 is 31.9 Å². The Labute approximate surface area is 198 Å². The summed E-state index contributed by atoms with van der Waals surface area (Å²) in [4.78, 5) is 12.8. The predicted molar refractivity (Wildman–Crippen MR) is 127 cm³/mol. The van der Waals surface area contributed by atoms with Gasteiger partial charge in [0.15, 0.2) is 11.5 Å². The molecule has 1 amide bonds. The van der Waals surface area contributed by atoms with E-state index in [1.807, 2.05) is 37.3 Å². The van der Waals surface area contributed by atoms with Gasteiger partial charge in [0.05, 0.1) is 26.0 Å². The van der Waals surface area contributed by atoms with Gasteiger partial charge in [-0.3, -0.25) is 4.79 Å². The second-order valence-corrected chi connectivity index (χ2v) is 10.8. The molecule has 7 nitrogen and oxygen atoms in total. The predicted octanol–water partition coefficient (Wildman–Crippen LogP) is 3.89. The van der Waals surface area contributed by atoms with Gasteiger partial charge >= 0.3 is 0 Å². The average Bonchev–Trinajstić information content (AvgIpc) is 2.80. The molecule has 2 aromatic carbocycles. The number of hydrogen-bond acceptors (Lipinski definition) is 5. The number of halogens is 1. The Morgan fingerprint density at radius 3 is 2.31 bits per heavy atom. The van der Waals surface area contributed by atoms with Crippen LogP contribution in [-0.2, 0) is 20.6 Å². The molecule has 1 fully saturated rings. The highest BCUT2D eigenvalue weighted by molar-refractivity contribution is 9.10. The zero-order valence-electron chi connectivity index (χ0n) is 18.5. The Kier molecular flexibility index (Phi) is 8.19. The fourth-order valence-electron chi connectivity index (χ4n) is 3.82. The highest BCUT2D eigenvalue weighted by atomic mass is 79.9. The second kappa shape index (κ2) is 10.7. The third kappa shape index (κ3) is 6.02. The molecule has 1 saturated heterocycles. The molecule has 174 valence electrons. The van der Waals surface area contributed by atoms with Crippen LogP contribution >= 0.6 is 15.9 Å². The molecule has 9 heteroatoms. The lowest BCUT2D eigenvalue weighted by atomic mass is 9.96. The van der Waals surface area contributed by atoms with E-state index < -0.39 is 10.0 Å². The minimum Gasteiger partial charge on any atom is -0.493 e. The molecule has 1 atom stereocenters. The van der Waals surface area contributed by atoms with Crippen molar-refractivity contribution in [1.82, 2.24) is 9.62 Å². The van der Waals surface area contributed by atoms with Crippen molar-refractivity contribution in [2.45, 2.75) is 31.6 Å². The largest absolute Gasteiger partial charge is 0.493 e. The van der Waals surface area contributed by atoms with E-state index in [1.54, 1.807) is 26.4 Å². The number of ether oxygens (including phenoxy) is 2. The summed E-state index contributed by atoms with van der Waals surface area (Å²) in [5, 5.41) is 3.05. The van der Waals surface area contributed by atoms with E-state index in [0.29, 0.717) is 37.4 Å². The lowest BCUT2D eigenvalue weighted by molar-refractivity contribution is -0.126. The van der Waals surface area contributed by atoms with Gasteiger partial charge in [0.25, 0.3) is 0 Å². The first-order chi connectivity index (χ1) is 15.2. The minimum atomic E-state index is -3.42. The molecule has 0 bridgehead atoms. The van der Waals surface area contributed by atoms with Gasteiger partial charge in [0.2, 0.25) is 15.9 Å². The van der Waals surface area contributed by atoms with Gasteiger partial charge in [0.1, 0.15) is 0 Å². The highest BCUT2D eigenvalue weighted by Crippen LogP contribution is 2.30. The number of carbonyl (C=O) groups excluding carboxylic acids is 1. The van der Waals surface area contributed by atoms with Gasteiger partial charge in [-0.2, -0.15) is 0 Å². The first-order valence-electron chi connectivity index (χ1n) is 10.5. The lowest BCUT2D eigenvalue weighted by Gasteiger charge is -2.31. The van der Waals surface area contributed by atoms with Crippen LogP contribution in [0.15, 0.2) is 46.9 Å². The maximum Gasteiger partial charge on any atom is 0.223 e. The number of nitrogens with zero attached hydrogens (tertiary/aromatic N) is 1. The van der Waals surface area contributed by atoms with Gasteiger partial charge in [-0.05, 0) is 55.2 Å². The number of nitrogens with one attached hydrogen (secondary N) is 1. The first kappa shape index (κ1) is 24.5. The molecule has 1 N–H and O–H groups in total. The van der Waals surface area contributed by atoms with E-state index in [-0.39, 0.29) is 23.6 Å². The third-order valence-corrected chi connectivity index (χ3v) is 8.13. The van der Waals surface area contributed by atoms with Crippen LogP contribution in [-0.4, -0.2) is 45.9 Å². The van der Waals surface area contributed by atoms with E-state index in [0.717, 1.165) is 15.6 Å². The molecule has 0 radical (unpaired) electrons. The van der Waals surface area contributed by atoms with E-state index in [2.05, 4.69) is 21.2 Å². The van der Waals surface area contributed by atoms with Gasteiger partial charge in [-0.1, -0.05) is 34.1 Å². The summed E-state index contributed by atoms with van der Waals surface area (Å²) in [6.07, 6.45) is 1.01. The topological polar surface area (TPSA) is 84.9 Å². The number of rotatable bonds is 8. The van der Waals surface area contributed by atoms with Crippen molar-refractivity contribution in [2.24, 2.45) is 5.92 Å². The monoisotopic (exact) mass is 524 g/mol. The van der Waals surface area contributed by atoms with Crippen LogP contribution in [0.3, 0.4) is 0 Å². The molecule has 0 unspecified atom stereocenters.